The molecule has 0 bridgehead atoms. The van der Waals surface area contributed by atoms with Gasteiger partial charge in [0.1, 0.15) is 0 Å². The molecule has 0 spiro atoms. The first-order valence-corrected chi connectivity index (χ1v) is 39.2. The molecule has 122 heavy (non-hydrogen) atoms. The Balaban J connectivity index is 0.000000361. The SMILES string of the molecule is Brc1c[nH]c2c1ccc1c(Br)c[nH]c12.CC(=O)OC(C)=O.CCOC(OCC)N(C)C.CN(C)/C=C/c1ccc(/C=C/N(C)C)c(N)c1N.CN(C)/C=C/c1ccc(/C=C/N(C)C)c([N+](=O)[O-])c1[N+](=O)[O-].CN(C)C1Cc2ccc3c(c2N1)NC(N(C)C)C3.Cc1ccc(C)c([N+](=O)[O-])c1[N+](=O)[O-].O=[N+]([O-])O.[B]=NS.c1cc2ccc3cc[nH]c3c2[nH]1. The molecule has 12 rings (SSSR count). The number of ether oxygens (including phenoxy) is 3. The smallest absolute Gasteiger partial charge is 0.0699 e. The average Bonchev–Trinajstić information content (AvgIpc) is 1.57. The normalized spacial score (nSPS) is 12.6. The summed E-state index contributed by atoms with van der Waals surface area (Å²) in [5.74, 6) is -1.12. The number of likely N-dealkylation sites (N-methyl/N-ethyl adjacent to an activating group) is 2. The Morgan fingerprint density at radius 1 is 0.516 bits per heavy atom. The number of H-pyrrole nitrogens is 4. The number of aromatic amines is 4. The van der Waals surface area contributed by atoms with E-state index in [0.717, 1.165) is 43.9 Å². The molecular weight excluding hydrogens is 1730 g/mol. The maximum Gasteiger partial charge on any atom is 0.0699 e. The molecule has 2 aliphatic heterocycles. The van der Waals surface area contributed by atoms with Crippen molar-refractivity contribution in [1.29, 1.82) is 0 Å². The number of rotatable bonds is 19. The molecule has 41 heteroatoms. The number of nitro benzene ring substituents is 4. The van der Waals surface area contributed by atoms with E-state index < -0.39 is 59.5 Å². The number of carbonyl (C=O) groups is 2. The summed E-state index contributed by atoms with van der Waals surface area (Å²) in [7, 11) is 31.6. The standard InChI is InChI=1S/C14H18N4O4.2C14H22N4.C10H6Br2N2.C10H8N2.C8H8N2O4.C7H17NO2.C4H6O3.BHNS.HNO3/c1-15(2)9-7-11-5-6-12(8-10-16(3)4)14(18(21)22)13(11)17(19)20;1-17(2)11-7-9-5-6-10-8-12(18(3)4)16-14(10)13(9)15-11;1-17(2)9-7-11-5-6-12(8-10-18(3)4)14(16)13(11)15;11-7-3-13-9-5(7)1-2-6-8(12)4-14-10(6)9;1-2-8-4-6-12-10(8)9-7(1)3-5-11-9;1-5-3-4-6(2)8(10(13)14)7(5)9(11)12;1-5-9-7(8(3)4)10-6-2;1-3(5)7-4(2)6;1-2-3;2-1(3)4/h5-10H,1-4H3;5-6,11-12,15-16H,7-8H2,1-4H3;5-10H,15-16H2,1-4H3;1-4,13-14H;1-6,11-12H;3-4H,1-2H3;7H,5-6H2,1-4H3;1-2H3;3H;(H,2,3,4)/b9-7+,10-8+;;9-7+,10-8+;;;;;;;. The van der Waals surface area contributed by atoms with Crippen molar-refractivity contribution in [3.63, 3.8) is 0 Å². The summed E-state index contributed by atoms with van der Waals surface area (Å²) in [4.78, 5) is 95.5. The summed E-state index contributed by atoms with van der Waals surface area (Å²) in [6.07, 6.45) is 24.6. The number of aromatic nitrogens is 4. The Hall–Kier alpha value is -12.2. The van der Waals surface area contributed by atoms with Crippen LogP contribution in [0.5, 0.6) is 0 Å². The van der Waals surface area contributed by atoms with Crippen molar-refractivity contribution in [3.8, 4) is 0 Å². The number of esters is 2. The maximum absolute atomic E-state index is 11.3. The quantitative estimate of drug-likeness (QED) is 0.00525. The van der Waals surface area contributed by atoms with Gasteiger partial charge in [-0.25, -0.2) is 0 Å². The van der Waals surface area contributed by atoms with Crippen LogP contribution in [0.3, 0.4) is 0 Å². The number of hydrogen-bond donors (Lipinski definition) is 10. The Kier molecular flexibility index (Phi) is 43.8. The van der Waals surface area contributed by atoms with Gasteiger partial charge < -0.3 is 81.1 Å². The number of aryl methyl sites for hydroxylation is 2. The molecule has 37 nitrogen and oxygen atoms in total. The number of nitrogens with one attached hydrogen (secondary N) is 6. The molecule has 11 N–H and O–H groups in total. The second-order valence-corrected chi connectivity index (χ2v) is 30.0. The number of halogens is 2. The Morgan fingerprint density at radius 3 is 1.08 bits per heavy atom. The number of anilines is 4. The number of fused-ring (bicyclic) bond motifs is 9. The Bertz CT molecular complexity index is 4990. The number of nitrogen functional groups attached to an aromatic ring is 2. The van der Waals surface area contributed by atoms with Crippen LogP contribution in [0.4, 0.5) is 45.5 Å². The number of benzene rings is 6. The van der Waals surface area contributed by atoms with Gasteiger partial charge in [0, 0.05) is 174 Å². The number of carbonyl (C=O) groups excluding carboxylic acids is 2. The van der Waals surface area contributed by atoms with Gasteiger partial charge in [-0.3, -0.25) is 64.7 Å². The zero-order chi connectivity index (χ0) is 92.1. The summed E-state index contributed by atoms with van der Waals surface area (Å²) >= 11 is 10.2. The fourth-order valence-electron chi connectivity index (χ4n) is 11.4. The summed E-state index contributed by atoms with van der Waals surface area (Å²) < 4.78 is 19.4. The molecule has 657 valence electrons. The van der Waals surface area contributed by atoms with Gasteiger partial charge in [0.2, 0.25) is 6.41 Å². The molecule has 6 heterocycles. The van der Waals surface area contributed by atoms with Gasteiger partial charge in [-0.2, -0.15) is 0 Å². The van der Waals surface area contributed by atoms with Crippen molar-refractivity contribution >= 4 is 178 Å². The molecule has 0 aliphatic carbocycles. The van der Waals surface area contributed by atoms with E-state index in [1.165, 1.54) is 119 Å². The van der Waals surface area contributed by atoms with E-state index in [1.807, 2.05) is 132 Å². The molecule has 6 aromatic carbocycles. The van der Waals surface area contributed by atoms with Crippen molar-refractivity contribution < 1.29 is 53.8 Å². The first-order chi connectivity index (χ1) is 57.4. The first kappa shape index (κ1) is 104. The molecule has 2 aliphatic rings. The Labute approximate surface area is 731 Å². The van der Waals surface area contributed by atoms with Crippen molar-refractivity contribution in [2.24, 2.45) is 4.30 Å². The summed E-state index contributed by atoms with van der Waals surface area (Å²) in [5.41, 5.74) is 24.4. The molecule has 2 unspecified atom stereocenters. The number of nitro groups is 4. The first-order valence-electron chi connectivity index (χ1n) is 37.2. The fourth-order valence-corrected chi connectivity index (χ4v) is 12.3. The van der Waals surface area contributed by atoms with Crippen molar-refractivity contribution in [2.45, 2.75) is 73.1 Å². The molecule has 2 atom stereocenters. The van der Waals surface area contributed by atoms with Crippen LogP contribution >= 0.6 is 44.7 Å². The topological polar surface area (TPSA) is 472 Å². The molecule has 1 radical (unpaired) electrons. The van der Waals surface area contributed by atoms with Crippen molar-refractivity contribution in [1.82, 2.24) is 54.2 Å². The van der Waals surface area contributed by atoms with Gasteiger partial charge >= 0.3 is 59.4 Å². The molecule has 10 aromatic rings. The predicted molar refractivity (Wildman–Crippen MR) is 496 cm³/mol. The van der Waals surface area contributed by atoms with Gasteiger partial charge in [-0.15, -0.1) is 10.1 Å². The van der Waals surface area contributed by atoms with E-state index in [9.17, 15) is 50.0 Å². The number of hydrogen-bond acceptors (Lipinski definition) is 28. The van der Waals surface area contributed by atoms with E-state index in [1.54, 1.807) is 50.4 Å². The van der Waals surface area contributed by atoms with Crippen LogP contribution < -0.4 is 22.1 Å². The third-order valence-electron chi connectivity index (χ3n) is 17.1. The number of nitrogens with zero attached hydrogens (tertiary/aromatic N) is 13. The molecule has 4 aromatic heterocycles. The van der Waals surface area contributed by atoms with Crippen molar-refractivity contribution in [3.05, 3.63) is 239 Å². The maximum atomic E-state index is 11.3. The van der Waals surface area contributed by atoms with E-state index in [2.05, 4.69) is 178 Å². The van der Waals surface area contributed by atoms with Crippen molar-refractivity contribution in [2.75, 3.05) is 134 Å². The van der Waals surface area contributed by atoms with Crippen LogP contribution in [-0.4, -0.2) is 234 Å². The molecular formula is C81H109BBr2N21O16S. The summed E-state index contributed by atoms with van der Waals surface area (Å²) in [6, 6.07) is 27.1. The average molecular weight is 1840 g/mol. The van der Waals surface area contributed by atoms with Gasteiger partial charge in [-0.1, -0.05) is 60.7 Å². The summed E-state index contributed by atoms with van der Waals surface area (Å²) in [5, 5.41) is 69.6. The van der Waals surface area contributed by atoms with E-state index in [-0.39, 0.29) is 17.5 Å². The zero-order valence-corrected chi connectivity index (χ0v) is 76.0. The molecule has 0 saturated heterocycles. The third-order valence-corrected chi connectivity index (χ3v) is 18.4. The zero-order valence-electron chi connectivity index (χ0n) is 71.9. The molecule has 0 fully saturated rings. The fraction of sp³-hybridized carbons (Fsp3) is 0.333. The van der Waals surface area contributed by atoms with Gasteiger partial charge in [0.25, 0.3) is 5.09 Å². The van der Waals surface area contributed by atoms with Crippen LogP contribution in [0, 0.1) is 64.4 Å². The van der Waals surface area contributed by atoms with Crippen LogP contribution in [-0.2, 0) is 36.6 Å². The predicted octanol–water partition coefficient (Wildman–Crippen LogP) is 15.7. The van der Waals surface area contributed by atoms with Crippen LogP contribution in [0.1, 0.15) is 72.2 Å². The minimum Gasteiger partial charge on any atom is -0.359 e. The monoisotopic (exact) mass is 1830 g/mol. The van der Waals surface area contributed by atoms with Gasteiger partial charge in [-0.05, 0) is 186 Å². The van der Waals surface area contributed by atoms with Gasteiger partial charge in [0.15, 0.2) is 0 Å². The molecule has 0 saturated carbocycles. The van der Waals surface area contributed by atoms with Gasteiger partial charge in [0.05, 0.1) is 88.0 Å². The Morgan fingerprint density at radius 2 is 0.820 bits per heavy atom. The molecule has 0 amide bonds. The number of thiol groups is 1. The van der Waals surface area contributed by atoms with E-state index >= 15 is 0 Å². The second-order valence-electron chi connectivity index (χ2n) is 28.1. The van der Waals surface area contributed by atoms with E-state index in [0.29, 0.717) is 48.0 Å². The minimum atomic E-state index is -1.50. The van der Waals surface area contributed by atoms with E-state index in [4.69, 9.17) is 36.3 Å². The third kappa shape index (κ3) is 32.7. The largest absolute Gasteiger partial charge is 0.359 e. The second kappa shape index (κ2) is 51.4. The van der Waals surface area contributed by atoms with Crippen LogP contribution in [0.2, 0.25) is 0 Å². The number of nitrogens with two attached hydrogens (primary N) is 2. The van der Waals surface area contributed by atoms with Crippen LogP contribution in [0.15, 0.2) is 148 Å². The van der Waals surface area contributed by atoms with Crippen LogP contribution in [0.25, 0.3) is 67.9 Å². The summed E-state index contributed by atoms with van der Waals surface area (Å²) in [6.45, 7) is 10.6. The minimum absolute atomic E-state index is 0.185.